The zero-order valence-corrected chi connectivity index (χ0v) is 12.9. The number of pyridine rings is 1. The first-order valence-corrected chi connectivity index (χ1v) is 7.13. The normalized spacial score (nSPS) is 10.4. The molecule has 0 radical (unpaired) electrons. The predicted molar refractivity (Wildman–Crippen MR) is 86.7 cm³/mol. The second kappa shape index (κ2) is 6.62. The second-order valence-corrected chi connectivity index (χ2v) is 5.32. The molecule has 0 aliphatic rings. The van der Waals surface area contributed by atoms with E-state index in [0.717, 1.165) is 23.8 Å². The van der Waals surface area contributed by atoms with E-state index in [9.17, 15) is 0 Å². The fourth-order valence-corrected chi connectivity index (χ4v) is 2.32. The summed E-state index contributed by atoms with van der Waals surface area (Å²) in [5, 5.41) is 4.17. The minimum Gasteiger partial charge on any atom is -0.377 e. The second-order valence-electron chi connectivity index (χ2n) is 4.89. The molecule has 1 N–H and O–H groups in total. The molecule has 0 saturated carbocycles. The molecule has 0 spiro atoms. The summed E-state index contributed by atoms with van der Waals surface area (Å²) in [6.45, 7) is 2.89. The van der Waals surface area contributed by atoms with E-state index in [-0.39, 0.29) is 0 Å². The van der Waals surface area contributed by atoms with Crippen molar-refractivity contribution in [1.82, 2.24) is 4.98 Å². The fraction of sp³-hybridized carbons (Fsp3) is 0.312. The van der Waals surface area contributed by atoms with Crippen LogP contribution in [0, 0.1) is 0 Å². The SMILES string of the molecule is CCc1c(N(C)C)ccnc1NCc1ccc(Cl)cc1. The van der Waals surface area contributed by atoms with Crippen LogP contribution in [0.5, 0.6) is 0 Å². The van der Waals surface area contributed by atoms with Crippen molar-refractivity contribution in [1.29, 1.82) is 0 Å². The van der Waals surface area contributed by atoms with E-state index < -0.39 is 0 Å². The molecule has 106 valence electrons. The van der Waals surface area contributed by atoms with Gasteiger partial charge in [0, 0.05) is 43.1 Å². The summed E-state index contributed by atoms with van der Waals surface area (Å²) in [7, 11) is 4.11. The zero-order valence-electron chi connectivity index (χ0n) is 12.2. The summed E-state index contributed by atoms with van der Waals surface area (Å²) < 4.78 is 0. The molecule has 0 amide bonds. The Morgan fingerprint density at radius 3 is 2.45 bits per heavy atom. The number of hydrogen-bond acceptors (Lipinski definition) is 3. The summed E-state index contributed by atoms with van der Waals surface area (Å²) in [5.74, 6) is 0.952. The summed E-state index contributed by atoms with van der Waals surface area (Å²) in [4.78, 5) is 6.58. The lowest BCUT2D eigenvalue weighted by Gasteiger charge is -2.19. The van der Waals surface area contributed by atoms with Gasteiger partial charge in [0.25, 0.3) is 0 Å². The maximum atomic E-state index is 5.89. The average Bonchev–Trinajstić information content (AvgIpc) is 2.46. The van der Waals surface area contributed by atoms with E-state index in [0.29, 0.717) is 0 Å². The van der Waals surface area contributed by atoms with Gasteiger partial charge in [0.05, 0.1) is 0 Å². The summed E-state index contributed by atoms with van der Waals surface area (Å²) in [6, 6.07) is 9.91. The van der Waals surface area contributed by atoms with Crippen molar-refractivity contribution in [2.24, 2.45) is 0 Å². The van der Waals surface area contributed by atoms with Crippen LogP contribution >= 0.6 is 11.6 Å². The third kappa shape index (κ3) is 3.42. The smallest absolute Gasteiger partial charge is 0.131 e. The van der Waals surface area contributed by atoms with Crippen LogP contribution in [0.25, 0.3) is 0 Å². The molecule has 3 nitrogen and oxygen atoms in total. The van der Waals surface area contributed by atoms with Crippen LogP contribution in [-0.2, 0) is 13.0 Å². The highest BCUT2D eigenvalue weighted by Gasteiger charge is 2.09. The lowest BCUT2D eigenvalue weighted by molar-refractivity contribution is 1.02. The highest BCUT2D eigenvalue weighted by atomic mass is 35.5. The molecular formula is C16H20ClN3. The maximum Gasteiger partial charge on any atom is 0.131 e. The molecule has 0 aliphatic carbocycles. The van der Waals surface area contributed by atoms with Gasteiger partial charge in [0.1, 0.15) is 5.82 Å². The molecular weight excluding hydrogens is 270 g/mol. The predicted octanol–water partition coefficient (Wildman–Crippen LogP) is 3.98. The highest BCUT2D eigenvalue weighted by Crippen LogP contribution is 2.25. The minimum absolute atomic E-state index is 0.744. The van der Waals surface area contributed by atoms with Gasteiger partial charge in [-0.3, -0.25) is 0 Å². The van der Waals surface area contributed by atoms with Gasteiger partial charge < -0.3 is 10.2 Å². The summed E-state index contributed by atoms with van der Waals surface area (Å²) >= 11 is 5.89. The Hall–Kier alpha value is -1.74. The molecule has 4 heteroatoms. The Labute approximate surface area is 125 Å². The summed E-state index contributed by atoms with van der Waals surface area (Å²) in [5.41, 5.74) is 3.64. The zero-order chi connectivity index (χ0) is 14.5. The number of halogens is 1. The van der Waals surface area contributed by atoms with Gasteiger partial charge >= 0.3 is 0 Å². The van der Waals surface area contributed by atoms with E-state index in [2.05, 4.69) is 36.2 Å². The van der Waals surface area contributed by atoms with Crippen molar-refractivity contribution >= 4 is 23.1 Å². The third-order valence-corrected chi connectivity index (χ3v) is 3.49. The first-order chi connectivity index (χ1) is 9.61. The Balaban J connectivity index is 2.17. The number of rotatable bonds is 5. The number of anilines is 2. The van der Waals surface area contributed by atoms with E-state index >= 15 is 0 Å². The number of aromatic nitrogens is 1. The minimum atomic E-state index is 0.744. The average molecular weight is 290 g/mol. The van der Waals surface area contributed by atoms with Crippen LogP contribution in [-0.4, -0.2) is 19.1 Å². The van der Waals surface area contributed by atoms with Crippen molar-refractivity contribution in [2.75, 3.05) is 24.3 Å². The number of hydrogen-bond donors (Lipinski definition) is 1. The van der Waals surface area contributed by atoms with Crippen molar-refractivity contribution in [3.05, 3.63) is 52.7 Å². The molecule has 1 aromatic heterocycles. The third-order valence-electron chi connectivity index (χ3n) is 3.24. The van der Waals surface area contributed by atoms with Crippen molar-refractivity contribution in [3.8, 4) is 0 Å². The molecule has 20 heavy (non-hydrogen) atoms. The van der Waals surface area contributed by atoms with Crippen LogP contribution < -0.4 is 10.2 Å². The maximum absolute atomic E-state index is 5.89. The molecule has 0 atom stereocenters. The summed E-state index contributed by atoms with van der Waals surface area (Å²) in [6.07, 6.45) is 2.79. The largest absolute Gasteiger partial charge is 0.377 e. The number of benzene rings is 1. The van der Waals surface area contributed by atoms with Crippen LogP contribution in [0.3, 0.4) is 0 Å². The van der Waals surface area contributed by atoms with Gasteiger partial charge in [-0.05, 0) is 30.2 Å². The Morgan fingerprint density at radius 1 is 1.15 bits per heavy atom. The number of nitrogens with zero attached hydrogens (tertiary/aromatic N) is 2. The van der Waals surface area contributed by atoms with Gasteiger partial charge in [-0.2, -0.15) is 0 Å². The lowest BCUT2D eigenvalue weighted by Crippen LogP contribution is -2.13. The van der Waals surface area contributed by atoms with Crippen LogP contribution in [0.1, 0.15) is 18.1 Å². The van der Waals surface area contributed by atoms with E-state index in [1.165, 1.54) is 16.8 Å². The topological polar surface area (TPSA) is 28.2 Å². The molecule has 2 aromatic rings. The Morgan fingerprint density at radius 2 is 1.85 bits per heavy atom. The van der Waals surface area contributed by atoms with Gasteiger partial charge in [0.2, 0.25) is 0 Å². The number of nitrogens with one attached hydrogen (secondary N) is 1. The van der Waals surface area contributed by atoms with E-state index in [1.807, 2.05) is 36.5 Å². The molecule has 0 aliphatic heterocycles. The lowest BCUT2D eigenvalue weighted by atomic mass is 10.1. The monoisotopic (exact) mass is 289 g/mol. The van der Waals surface area contributed by atoms with E-state index in [4.69, 9.17) is 11.6 Å². The Bertz CT molecular complexity index is 564. The Kier molecular flexibility index (Phi) is 4.85. The van der Waals surface area contributed by atoms with Crippen molar-refractivity contribution in [3.63, 3.8) is 0 Å². The standard InChI is InChI=1S/C16H20ClN3/c1-4-14-15(20(2)3)9-10-18-16(14)19-11-12-5-7-13(17)8-6-12/h5-10H,4,11H2,1-3H3,(H,18,19). The van der Waals surface area contributed by atoms with E-state index in [1.54, 1.807) is 0 Å². The van der Waals surface area contributed by atoms with Crippen molar-refractivity contribution in [2.45, 2.75) is 19.9 Å². The molecule has 0 unspecified atom stereocenters. The molecule has 0 bridgehead atoms. The molecule has 0 fully saturated rings. The first kappa shape index (κ1) is 14.7. The molecule has 0 saturated heterocycles. The van der Waals surface area contributed by atoms with Crippen LogP contribution in [0.4, 0.5) is 11.5 Å². The van der Waals surface area contributed by atoms with Crippen LogP contribution in [0.2, 0.25) is 5.02 Å². The van der Waals surface area contributed by atoms with Crippen molar-refractivity contribution < 1.29 is 0 Å². The molecule has 2 rings (SSSR count). The quantitative estimate of drug-likeness (QED) is 0.902. The fourth-order valence-electron chi connectivity index (χ4n) is 2.19. The van der Waals surface area contributed by atoms with Gasteiger partial charge in [0.15, 0.2) is 0 Å². The van der Waals surface area contributed by atoms with Crippen LogP contribution in [0.15, 0.2) is 36.5 Å². The highest BCUT2D eigenvalue weighted by molar-refractivity contribution is 6.30. The van der Waals surface area contributed by atoms with Gasteiger partial charge in [-0.15, -0.1) is 0 Å². The van der Waals surface area contributed by atoms with Gasteiger partial charge in [-0.1, -0.05) is 30.7 Å². The molecule has 1 aromatic carbocycles. The van der Waals surface area contributed by atoms with Gasteiger partial charge in [-0.25, -0.2) is 4.98 Å². The molecule has 1 heterocycles. The first-order valence-electron chi connectivity index (χ1n) is 6.75.